The Kier molecular flexibility index (Phi) is 9.22. The lowest BCUT2D eigenvalue weighted by Crippen LogP contribution is -2.61. The lowest BCUT2D eigenvalue weighted by molar-refractivity contribution is 0.590. The van der Waals surface area contributed by atoms with Crippen LogP contribution in [0.1, 0.15) is 84.6 Å². The molecule has 0 atom stereocenters. The van der Waals surface area contributed by atoms with Crippen LogP contribution in [0, 0.1) is 6.92 Å². The number of furan rings is 1. The summed E-state index contributed by atoms with van der Waals surface area (Å²) < 4.78 is 6.20. The van der Waals surface area contributed by atoms with E-state index in [0.717, 1.165) is 27.6 Å². The molecule has 11 rings (SSSR count). The SMILES string of the molecule is Cc1cc2c3c(c1)N(c1ccc(C(C)(C)C)cc1-c1ccccc1)c1cc(C(C)(C)C)ccc1B3c1ccc(C(C)(C)C)cc1N2c1ccc(-c2ccc3oc4ccccc4c3c2)cc1. The quantitative estimate of drug-likeness (QED) is 0.165. The molecule has 0 radical (unpaired) electrons. The van der Waals surface area contributed by atoms with E-state index in [2.05, 4.69) is 231 Å². The summed E-state index contributed by atoms with van der Waals surface area (Å²) in [4.78, 5) is 5.16. The van der Waals surface area contributed by atoms with Gasteiger partial charge in [0.25, 0.3) is 6.71 Å². The average Bonchev–Trinajstić information content (AvgIpc) is 3.66. The monoisotopic (exact) mass is 844 g/mol. The number of aryl methyl sites for hydroxylation is 1. The second-order valence-electron chi connectivity index (χ2n) is 21.6. The maximum atomic E-state index is 6.20. The van der Waals surface area contributed by atoms with Gasteiger partial charge in [0.05, 0.1) is 5.69 Å². The molecule has 0 N–H and O–H groups in total. The molecule has 0 amide bonds. The van der Waals surface area contributed by atoms with E-state index < -0.39 is 0 Å². The number of fused-ring (bicyclic) bond motifs is 7. The molecular formula is C61H57BN2O. The highest BCUT2D eigenvalue weighted by atomic mass is 16.3. The minimum Gasteiger partial charge on any atom is -0.456 e. The van der Waals surface area contributed by atoms with Crippen molar-refractivity contribution in [2.75, 3.05) is 9.80 Å². The third-order valence-corrected chi connectivity index (χ3v) is 14.0. The molecule has 2 aliphatic heterocycles. The van der Waals surface area contributed by atoms with Gasteiger partial charge in [-0.3, -0.25) is 0 Å². The predicted molar refractivity (Wildman–Crippen MR) is 279 cm³/mol. The fraction of sp³-hybridized carbons (Fsp3) is 0.213. The summed E-state index contributed by atoms with van der Waals surface area (Å²) in [5, 5.41) is 2.29. The van der Waals surface area contributed by atoms with Gasteiger partial charge in [-0.15, -0.1) is 0 Å². The number of hydrogen-bond donors (Lipinski definition) is 0. The summed E-state index contributed by atoms with van der Waals surface area (Å²) in [6, 6.07) is 61.7. The number of anilines is 6. The van der Waals surface area contributed by atoms with E-state index in [-0.39, 0.29) is 23.0 Å². The fourth-order valence-corrected chi connectivity index (χ4v) is 10.4. The minimum absolute atomic E-state index is 0.0130. The molecule has 1 aromatic heterocycles. The molecule has 0 saturated heterocycles. The Balaban J connectivity index is 1.16. The molecule has 9 aromatic rings. The summed E-state index contributed by atoms with van der Waals surface area (Å²) in [5.41, 5.74) is 23.0. The van der Waals surface area contributed by atoms with Crippen molar-refractivity contribution < 1.29 is 4.42 Å². The van der Waals surface area contributed by atoms with Crippen LogP contribution < -0.4 is 26.2 Å². The molecule has 0 unspecified atom stereocenters. The van der Waals surface area contributed by atoms with Crippen LogP contribution in [0.5, 0.6) is 0 Å². The molecule has 0 saturated carbocycles. The molecular weight excluding hydrogens is 787 g/mol. The maximum Gasteiger partial charge on any atom is 0.252 e. The number of rotatable bonds is 4. The van der Waals surface area contributed by atoms with Gasteiger partial charge in [-0.05, 0) is 145 Å². The summed E-state index contributed by atoms with van der Waals surface area (Å²) in [6.07, 6.45) is 0. The van der Waals surface area contributed by atoms with E-state index in [0.29, 0.717) is 0 Å². The van der Waals surface area contributed by atoms with Gasteiger partial charge in [0.2, 0.25) is 0 Å². The molecule has 3 nitrogen and oxygen atoms in total. The van der Waals surface area contributed by atoms with Crippen LogP contribution in [0.25, 0.3) is 44.2 Å². The molecule has 0 aliphatic carbocycles. The Labute approximate surface area is 385 Å². The molecule has 320 valence electrons. The van der Waals surface area contributed by atoms with Crippen LogP contribution in [-0.2, 0) is 16.2 Å². The van der Waals surface area contributed by atoms with E-state index in [1.165, 1.54) is 89.3 Å². The van der Waals surface area contributed by atoms with Gasteiger partial charge in [0.1, 0.15) is 11.2 Å². The van der Waals surface area contributed by atoms with Gasteiger partial charge in [0.15, 0.2) is 0 Å². The number of hydrogen-bond acceptors (Lipinski definition) is 3. The van der Waals surface area contributed by atoms with Crippen molar-refractivity contribution >= 4 is 79.2 Å². The Hall–Kier alpha value is -6.78. The van der Waals surface area contributed by atoms with Crippen molar-refractivity contribution in [3.63, 3.8) is 0 Å². The van der Waals surface area contributed by atoms with E-state index >= 15 is 0 Å². The van der Waals surface area contributed by atoms with Gasteiger partial charge >= 0.3 is 0 Å². The number of benzene rings is 8. The normalized spacial score (nSPS) is 13.6. The maximum absolute atomic E-state index is 6.20. The van der Waals surface area contributed by atoms with Crippen LogP contribution >= 0.6 is 0 Å². The summed E-state index contributed by atoms with van der Waals surface area (Å²) >= 11 is 0. The fourth-order valence-electron chi connectivity index (χ4n) is 10.4. The molecule has 65 heavy (non-hydrogen) atoms. The summed E-state index contributed by atoms with van der Waals surface area (Å²) in [5.74, 6) is 0. The zero-order valence-corrected chi connectivity index (χ0v) is 39.5. The highest BCUT2D eigenvalue weighted by Crippen LogP contribution is 2.49. The van der Waals surface area contributed by atoms with Crippen molar-refractivity contribution in [1.82, 2.24) is 0 Å². The Morgan fingerprint density at radius 1 is 0.400 bits per heavy atom. The zero-order valence-electron chi connectivity index (χ0n) is 39.5. The molecule has 0 bridgehead atoms. The molecule has 4 heteroatoms. The second-order valence-corrected chi connectivity index (χ2v) is 21.6. The third kappa shape index (κ3) is 6.80. The van der Waals surface area contributed by atoms with Gasteiger partial charge in [-0.1, -0.05) is 159 Å². The molecule has 3 heterocycles. The summed E-state index contributed by atoms with van der Waals surface area (Å²) in [6.45, 7) is 23.2. The van der Waals surface area contributed by atoms with Gasteiger partial charge in [-0.2, -0.15) is 0 Å². The van der Waals surface area contributed by atoms with Crippen molar-refractivity contribution in [2.24, 2.45) is 0 Å². The van der Waals surface area contributed by atoms with Crippen molar-refractivity contribution in [3.05, 3.63) is 186 Å². The first-order chi connectivity index (χ1) is 31.0. The van der Waals surface area contributed by atoms with Gasteiger partial charge in [-0.25, -0.2) is 0 Å². The van der Waals surface area contributed by atoms with E-state index in [9.17, 15) is 0 Å². The average molecular weight is 845 g/mol. The first-order valence-electron chi connectivity index (χ1n) is 23.3. The van der Waals surface area contributed by atoms with Gasteiger partial charge < -0.3 is 14.2 Å². The van der Waals surface area contributed by atoms with Crippen LogP contribution in [-0.4, -0.2) is 6.71 Å². The highest BCUT2D eigenvalue weighted by molar-refractivity contribution is 7.00. The first kappa shape index (κ1) is 41.0. The van der Waals surface area contributed by atoms with E-state index in [4.69, 9.17) is 4.42 Å². The Morgan fingerprint density at radius 2 is 0.938 bits per heavy atom. The Bertz CT molecular complexity index is 3340. The summed E-state index contributed by atoms with van der Waals surface area (Å²) in [7, 11) is 0. The molecule has 0 fully saturated rings. The molecule has 2 aliphatic rings. The van der Waals surface area contributed by atoms with Crippen LogP contribution in [0.15, 0.2) is 168 Å². The van der Waals surface area contributed by atoms with Crippen LogP contribution in [0.4, 0.5) is 34.1 Å². The van der Waals surface area contributed by atoms with Crippen LogP contribution in [0.2, 0.25) is 0 Å². The van der Waals surface area contributed by atoms with Crippen LogP contribution in [0.3, 0.4) is 0 Å². The first-order valence-corrected chi connectivity index (χ1v) is 23.3. The second kappa shape index (κ2) is 14.6. The smallest absolute Gasteiger partial charge is 0.252 e. The third-order valence-electron chi connectivity index (χ3n) is 14.0. The number of para-hydroxylation sites is 1. The highest BCUT2D eigenvalue weighted by Gasteiger charge is 2.44. The predicted octanol–water partition coefficient (Wildman–Crippen LogP) is 15.2. The van der Waals surface area contributed by atoms with Gasteiger partial charge in [0, 0.05) is 44.8 Å². The minimum atomic E-state index is -0.0375. The number of nitrogens with zero attached hydrogens (tertiary/aromatic N) is 2. The van der Waals surface area contributed by atoms with Crippen molar-refractivity contribution in [3.8, 4) is 22.3 Å². The molecule has 0 spiro atoms. The van der Waals surface area contributed by atoms with Crippen molar-refractivity contribution in [2.45, 2.75) is 85.5 Å². The standard InChI is InChI=1S/C61H57BN2O/c1-38-32-54-58-55(33-38)64(51-30-25-42(59(2,3)4)35-47(51)40-16-12-11-13-17-40)53-37-44(61(8,9)10)24-29-50(53)62(58)49-28-23-43(60(5,6)7)36-52(49)63(54)45-26-20-39(21-27-45)41-22-31-57-48(34-41)46-18-14-15-19-56(46)65-57/h11-37H,1-10H3. The largest absolute Gasteiger partial charge is 0.456 e. The van der Waals surface area contributed by atoms with E-state index in [1.54, 1.807) is 0 Å². The van der Waals surface area contributed by atoms with Crippen molar-refractivity contribution in [1.29, 1.82) is 0 Å². The zero-order chi connectivity index (χ0) is 45.2. The molecule has 8 aromatic carbocycles. The lowest BCUT2D eigenvalue weighted by atomic mass is 9.33. The van der Waals surface area contributed by atoms with E-state index in [1.807, 2.05) is 12.1 Å². The Morgan fingerprint density at radius 3 is 1.58 bits per heavy atom. The lowest BCUT2D eigenvalue weighted by Gasteiger charge is -2.45. The topological polar surface area (TPSA) is 19.6 Å².